The standard InChI is InChI=1S/C9H16O2/c1-4-6-8(5-2)7(3)9(10)11/h6-7H,4-5H2,1-3H3,(H,10,11). The molecule has 0 spiro atoms. The van der Waals surface area contributed by atoms with Crippen LogP contribution in [-0.2, 0) is 4.79 Å². The number of carboxylic acid groups (broad SMARTS) is 1. The van der Waals surface area contributed by atoms with Crippen LogP contribution in [0, 0.1) is 5.92 Å². The summed E-state index contributed by atoms with van der Waals surface area (Å²) in [6.45, 7) is 5.73. The molecule has 0 radical (unpaired) electrons. The lowest BCUT2D eigenvalue weighted by molar-refractivity contribution is -0.139. The molecule has 0 saturated carbocycles. The van der Waals surface area contributed by atoms with Crippen molar-refractivity contribution >= 4 is 5.97 Å². The Morgan fingerprint density at radius 1 is 1.55 bits per heavy atom. The van der Waals surface area contributed by atoms with Gasteiger partial charge in [-0.3, -0.25) is 4.79 Å². The molecule has 0 aromatic heterocycles. The van der Waals surface area contributed by atoms with E-state index in [1.807, 2.05) is 19.9 Å². The van der Waals surface area contributed by atoms with Gasteiger partial charge in [0.2, 0.25) is 0 Å². The first-order chi connectivity index (χ1) is 5.13. The topological polar surface area (TPSA) is 37.3 Å². The number of carboxylic acids is 1. The lowest BCUT2D eigenvalue weighted by atomic mass is 9.98. The van der Waals surface area contributed by atoms with Crippen molar-refractivity contribution in [3.63, 3.8) is 0 Å². The van der Waals surface area contributed by atoms with E-state index < -0.39 is 5.97 Å². The molecular weight excluding hydrogens is 140 g/mol. The number of hydrogen-bond acceptors (Lipinski definition) is 1. The predicted molar refractivity (Wildman–Crippen MR) is 45.5 cm³/mol. The van der Waals surface area contributed by atoms with Crippen molar-refractivity contribution in [3.8, 4) is 0 Å². The average Bonchev–Trinajstić information content (AvgIpc) is 1.98. The summed E-state index contributed by atoms with van der Waals surface area (Å²) in [6.07, 6.45) is 3.75. The molecule has 0 heterocycles. The van der Waals surface area contributed by atoms with Crippen LogP contribution in [0.3, 0.4) is 0 Å². The summed E-state index contributed by atoms with van der Waals surface area (Å²) in [5.41, 5.74) is 1.03. The summed E-state index contributed by atoms with van der Waals surface area (Å²) < 4.78 is 0. The Morgan fingerprint density at radius 3 is 2.36 bits per heavy atom. The van der Waals surface area contributed by atoms with E-state index in [1.165, 1.54) is 0 Å². The maximum absolute atomic E-state index is 10.5. The third-order valence-corrected chi connectivity index (χ3v) is 1.80. The van der Waals surface area contributed by atoms with Crippen LogP contribution in [0.4, 0.5) is 0 Å². The van der Waals surface area contributed by atoms with Gasteiger partial charge in [0.25, 0.3) is 0 Å². The van der Waals surface area contributed by atoms with Crippen molar-refractivity contribution < 1.29 is 9.90 Å². The van der Waals surface area contributed by atoms with Crippen LogP contribution in [-0.4, -0.2) is 11.1 Å². The fourth-order valence-corrected chi connectivity index (χ4v) is 1.05. The van der Waals surface area contributed by atoms with E-state index in [0.29, 0.717) is 0 Å². The lowest BCUT2D eigenvalue weighted by Crippen LogP contribution is -2.11. The highest BCUT2D eigenvalue weighted by Gasteiger charge is 2.13. The molecule has 0 aliphatic carbocycles. The minimum absolute atomic E-state index is 0.319. The molecule has 0 fully saturated rings. The van der Waals surface area contributed by atoms with Gasteiger partial charge in [0, 0.05) is 0 Å². The first kappa shape index (κ1) is 10.2. The highest BCUT2D eigenvalue weighted by Crippen LogP contribution is 2.14. The summed E-state index contributed by atoms with van der Waals surface area (Å²) >= 11 is 0. The molecule has 0 saturated heterocycles. The van der Waals surface area contributed by atoms with Gasteiger partial charge in [0.15, 0.2) is 0 Å². The second-order valence-electron chi connectivity index (χ2n) is 2.60. The molecular formula is C9H16O2. The van der Waals surface area contributed by atoms with Gasteiger partial charge in [0.05, 0.1) is 5.92 Å². The average molecular weight is 156 g/mol. The second-order valence-corrected chi connectivity index (χ2v) is 2.60. The van der Waals surface area contributed by atoms with E-state index in [4.69, 9.17) is 5.11 Å². The Balaban J connectivity index is 4.25. The number of allylic oxidation sites excluding steroid dienone is 1. The summed E-state index contributed by atoms with van der Waals surface area (Å²) in [6, 6.07) is 0. The second kappa shape index (κ2) is 4.94. The SMILES string of the molecule is CCC=C(CC)C(C)C(=O)O. The van der Waals surface area contributed by atoms with Crippen LogP contribution >= 0.6 is 0 Å². The van der Waals surface area contributed by atoms with E-state index in [9.17, 15) is 4.79 Å². The zero-order valence-corrected chi connectivity index (χ0v) is 7.42. The lowest BCUT2D eigenvalue weighted by Gasteiger charge is -2.08. The van der Waals surface area contributed by atoms with Crippen LogP contribution in [0.1, 0.15) is 33.6 Å². The highest BCUT2D eigenvalue weighted by atomic mass is 16.4. The molecule has 11 heavy (non-hydrogen) atoms. The van der Waals surface area contributed by atoms with Crippen molar-refractivity contribution in [1.82, 2.24) is 0 Å². The Morgan fingerprint density at radius 2 is 2.09 bits per heavy atom. The molecule has 1 unspecified atom stereocenters. The fraction of sp³-hybridized carbons (Fsp3) is 0.667. The minimum atomic E-state index is -0.730. The van der Waals surface area contributed by atoms with Gasteiger partial charge < -0.3 is 5.11 Å². The molecule has 0 aliphatic heterocycles. The van der Waals surface area contributed by atoms with Gasteiger partial charge in [-0.15, -0.1) is 0 Å². The largest absolute Gasteiger partial charge is 0.481 e. The molecule has 64 valence electrons. The normalized spacial score (nSPS) is 14.6. The van der Waals surface area contributed by atoms with Gasteiger partial charge in [0.1, 0.15) is 0 Å². The molecule has 2 nitrogen and oxygen atoms in total. The van der Waals surface area contributed by atoms with Gasteiger partial charge >= 0.3 is 5.97 Å². The third-order valence-electron chi connectivity index (χ3n) is 1.80. The molecule has 0 amide bonds. The van der Waals surface area contributed by atoms with Gasteiger partial charge in [-0.25, -0.2) is 0 Å². The van der Waals surface area contributed by atoms with Crippen LogP contribution in [0.2, 0.25) is 0 Å². The van der Waals surface area contributed by atoms with Gasteiger partial charge in [-0.2, -0.15) is 0 Å². The molecule has 1 atom stereocenters. The molecule has 0 bridgehead atoms. The zero-order chi connectivity index (χ0) is 8.85. The van der Waals surface area contributed by atoms with Crippen LogP contribution < -0.4 is 0 Å². The quantitative estimate of drug-likeness (QED) is 0.635. The Labute approximate surface area is 67.9 Å². The smallest absolute Gasteiger partial charge is 0.310 e. The first-order valence-corrected chi connectivity index (χ1v) is 4.05. The minimum Gasteiger partial charge on any atom is -0.481 e. The van der Waals surface area contributed by atoms with E-state index in [0.717, 1.165) is 18.4 Å². The maximum Gasteiger partial charge on any atom is 0.310 e. The van der Waals surface area contributed by atoms with Crippen LogP contribution in [0.15, 0.2) is 11.6 Å². The molecule has 1 N–H and O–H groups in total. The summed E-state index contributed by atoms with van der Waals surface area (Å²) in [7, 11) is 0. The predicted octanol–water partition coefficient (Wildman–Crippen LogP) is 2.45. The first-order valence-electron chi connectivity index (χ1n) is 4.05. The van der Waals surface area contributed by atoms with E-state index in [-0.39, 0.29) is 5.92 Å². The zero-order valence-electron chi connectivity index (χ0n) is 7.42. The molecule has 2 heteroatoms. The molecule has 0 aromatic rings. The number of carbonyl (C=O) groups is 1. The Bertz CT molecular complexity index is 159. The van der Waals surface area contributed by atoms with Crippen LogP contribution in [0.5, 0.6) is 0 Å². The molecule has 0 aromatic carbocycles. The third kappa shape index (κ3) is 3.21. The van der Waals surface area contributed by atoms with Crippen molar-refractivity contribution in [1.29, 1.82) is 0 Å². The highest BCUT2D eigenvalue weighted by molar-refractivity contribution is 5.73. The van der Waals surface area contributed by atoms with Crippen molar-refractivity contribution in [2.24, 2.45) is 5.92 Å². The van der Waals surface area contributed by atoms with Gasteiger partial charge in [-0.1, -0.05) is 25.5 Å². The monoisotopic (exact) mass is 156 g/mol. The van der Waals surface area contributed by atoms with Crippen molar-refractivity contribution in [3.05, 3.63) is 11.6 Å². The number of hydrogen-bond donors (Lipinski definition) is 1. The van der Waals surface area contributed by atoms with Crippen LogP contribution in [0.25, 0.3) is 0 Å². The Hall–Kier alpha value is -0.790. The molecule has 0 aliphatic rings. The van der Waals surface area contributed by atoms with E-state index in [2.05, 4.69) is 0 Å². The summed E-state index contributed by atoms with van der Waals surface area (Å²) in [4.78, 5) is 10.5. The fourth-order valence-electron chi connectivity index (χ4n) is 1.05. The number of aliphatic carboxylic acids is 1. The Kier molecular flexibility index (Phi) is 4.59. The number of rotatable bonds is 4. The summed E-state index contributed by atoms with van der Waals surface area (Å²) in [5.74, 6) is -1.05. The maximum atomic E-state index is 10.5. The molecule has 0 rings (SSSR count). The van der Waals surface area contributed by atoms with Gasteiger partial charge in [-0.05, 0) is 19.8 Å². The van der Waals surface area contributed by atoms with E-state index in [1.54, 1.807) is 6.92 Å². The van der Waals surface area contributed by atoms with E-state index >= 15 is 0 Å². The van der Waals surface area contributed by atoms with Crippen molar-refractivity contribution in [2.45, 2.75) is 33.6 Å². The van der Waals surface area contributed by atoms with Crippen molar-refractivity contribution in [2.75, 3.05) is 0 Å². The summed E-state index contributed by atoms with van der Waals surface area (Å²) in [5, 5.41) is 8.67.